The fourth-order valence-electron chi connectivity index (χ4n) is 2.81. The van der Waals surface area contributed by atoms with Gasteiger partial charge in [0.25, 0.3) is 0 Å². The van der Waals surface area contributed by atoms with Crippen molar-refractivity contribution in [3.05, 3.63) is 64.1 Å². The van der Waals surface area contributed by atoms with Gasteiger partial charge in [-0.25, -0.2) is 0 Å². The molecule has 21 heavy (non-hydrogen) atoms. The van der Waals surface area contributed by atoms with Crippen LogP contribution < -0.4 is 4.74 Å². The first kappa shape index (κ1) is 14.3. The predicted octanol–water partition coefficient (Wildman–Crippen LogP) is 4.66. The summed E-state index contributed by atoms with van der Waals surface area (Å²) < 4.78 is 6.75. The van der Waals surface area contributed by atoms with Crippen molar-refractivity contribution in [2.45, 2.75) is 19.3 Å². The van der Waals surface area contributed by atoms with Crippen LogP contribution in [0.5, 0.6) is 5.75 Å². The van der Waals surface area contributed by atoms with Crippen LogP contribution in [-0.4, -0.2) is 12.4 Å². The highest BCUT2D eigenvalue weighted by Crippen LogP contribution is 2.27. The molecule has 3 rings (SSSR count). The van der Waals surface area contributed by atoms with Crippen LogP contribution in [0.2, 0.25) is 0 Å². The Balaban J connectivity index is 1.58. The lowest BCUT2D eigenvalue weighted by Crippen LogP contribution is -2.24. The van der Waals surface area contributed by atoms with Crippen LogP contribution >= 0.6 is 15.9 Å². The Morgan fingerprint density at radius 1 is 1.14 bits per heavy atom. The molecule has 0 N–H and O–H groups in total. The Morgan fingerprint density at radius 3 is 2.86 bits per heavy atom. The lowest BCUT2D eigenvalue weighted by Gasteiger charge is -2.23. The molecule has 0 saturated heterocycles. The third-order valence-corrected chi connectivity index (χ3v) is 4.44. The Hall–Kier alpha value is -1.61. The van der Waals surface area contributed by atoms with E-state index in [1.54, 1.807) is 0 Å². The highest BCUT2D eigenvalue weighted by Gasteiger charge is 2.26. The van der Waals surface area contributed by atoms with Crippen molar-refractivity contribution in [1.82, 2.24) is 0 Å². The number of halogens is 1. The molecule has 2 aromatic rings. The average Bonchev–Trinajstić information content (AvgIpc) is 2.50. The number of hydrogen-bond acceptors (Lipinski definition) is 2. The van der Waals surface area contributed by atoms with Gasteiger partial charge in [0.05, 0.1) is 6.61 Å². The largest absolute Gasteiger partial charge is 0.494 e. The molecule has 1 atom stereocenters. The van der Waals surface area contributed by atoms with Crippen molar-refractivity contribution in [3.8, 4) is 5.75 Å². The second-order valence-corrected chi connectivity index (χ2v) is 6.27. The Bertz CT molecular complexity index is 651. The normalized spacial score (nSPS) is 17.4. The molecular formula is C18H17BrO2. The van der Waals surface area contributed by atoms with Crippen LogP contribution in [0.15, 0.2) is 53.0 Å². The average molecular weight is 345 g/mol. The molecule has 0 amide bonds. The van der Waals surface area contributed by atoms with Gasteiger partial charge in [0.2, 0.25) is 0 Å². The number of aryl methyl sites for hydroxylation is 1. The van der Waals surface area contributed by atoms with E-state index in [0.29, 0.717) is 6.61 Å². The minimum atomic E-state index is 0.0899. The molecule has 1 aliphatic carbocycles. The molecule has 0 bridgehead atoms. The topological polar surface area (TPSA) is 26.3 Å². The van der Waals surface area contributed by atoms with E-state index in [9.17, 15) is 4.79 Å². The Kier molecular flexibility index (Phi) is 4.39. The molecule has 2 aromatic carbocycles. The lowest BCUT2D eigenvalue weighted by molar-refractivity contribution is 0.0880. The molecule has 0 fully saturated rings. The fourth-order valence-corrected chi connectivity index (χ4v) is 3.19. The highest BCUT2D eigenvalue weighted by atomic mass is 79.9. The summed E-state index contributed by atoms with van der Waals surface area (Å²) in [5, 5.41) is 0. The van der Waals surface area contributed by atoms with E-state index in [0.717, 1.165) is 35.0 Å². The molecule has 2 nitrogen and oxygen atoms in total. The smallest absolute Gasteiger partial charge is 0.166 e. The molecule has 1 aliphatic rings. The second-order valence-electron chi connectivity index (χ2n) is 5.35. The minimum Gasteiger partial charge on any atom is -0.494 e. The summed E-state index contributed by atoms with van der Waals surface area (Å²) in [6.07, 6.45) is 2.70. The van der Waals surface area contributed by atoms with Crippen LogP contribution in [-0.2, 0) is 6.42 Å². The van der Waals surface area contributed by atoms with E-state index in [4.69, 9.17) is 4.74 Å². The molecule has 0 aromatic heterocycles. The molecule has 0 radical (unpaired) electrons. The van der Waals surface area contributed by atoms with Crippen molar-refractivity contribution in [3.63, 3.8) is 0 Å². The number of benzene rings is 2. The minimum absolute atomic E-state index is 0.0899. The lowest BCUT2D eigenvalue weighted by atomic mass is 9.81. The Labute approximate surface area is 133 Å². The molecule has 0 saturated carbocycles. The zero-order valence-electron chi connectivity index (χ0n) is 11.7. The first-order chi connectivity index (χ1) is 10.2. The van der Waals surface area contributed by atoms with Crippen LogP contribution in [0.4, 0.5) is 0 Å². The van der Waals surface area contributed by atoms with Crippen molar-refractivity contribution in [2.75, 3.05) is 6.61 Å². The number of ether oxygens (including phenoxy) is 1. The zero-order valence-corrected chi connectivity index (χ0v) is 13.3. The van der Waals surface area contributed by atoms with Crippen LogP contribution in [0.3, 0.4) is 0 Å². The van der Waals surface area contributed by atoms with Crippen LogP contribution in [0.1, 0.15) is 28.8 Å². The Morgan fingerprint density at radius 2 is 2.00 bits per heavy atom. The molecule has 108 valence electrons. The van der Waals surface area contributed by atoms with E-state index in [1.165, 1.54) is 5.56 Å². The van der Waals surface area contributed by atoms with Crippen molar-refractivity contribution in [1.29, 1.82) is 0 Å². The number of ketones is 1. The molecule has 3 heteroatoms. The molecule has 1 unspecified atom stereocenters. The zero-order chi connectivity index (χ0) is 14.7. The SMILES string of the molecule is O=C1c2ccccc2CCC1CCOc1cccc(Br)c1. The molecular weight excluding hydrogens is 328 g/mol. The number of rotatable bonds is 4. The van der Waals surface area contributed by atoms with Crippen LogP contribution in [0, 0.1) is 5.92 Å². The summed E-state index contributed by atoms with van der Waals surface area (Å²) in [6, 6.07) is 15.7. The van der Waals surface area contributed by atoms with Crippen molar-refractivity contribution >= 4 is 21.7 Å². The third kappa shape index (κ3) is 3.35. The van der Waals surface area contributed by atoms with E-state index < -0.39 is 0 Å². The quantitative estimate of drug-likeness (QED) is 0.805. The van der Waals surface area contributed by atoms with Gasteiger partial charge in [-0.1, -0.05) is 46.3 Å². The van der Waals surface area contributed by atoms with Crippen LogP contribution in [0.25, 0.3) is 0 Å². The first-order valence-electron chi connectivity index (χ1n) is 7.24. The van der Waals surface area contributed by atoms with Gasteiger partial charge in [-0.05, 0) is 43.0 Å². The molecule has 0 spiro atoms. The van der Waals surface area contributed by atoms with E-state index in [1.807, 2.05) is 42.5 Å². The van der Waals surface area contributed by atoms with Gasteiger partial charge >= 0.3 is 0 Å². The summed E-state index contributed by atoms with van der Waals surface area (Å²) >= 11 is 3.42. The van der Waals surface area contributed by atoms with E-state index in [-0.39, 0.29) is 11.7 Å². The maximum Gasteiger partial charge on any atom is 0.166 e. The van der Waals surface area contributed by atoms with Gasteiger partial charge in [-0.2, -0.15) is 0 Å². The number of carbonyl (C=O) groups is 1. The summed E-state index contributed by atoms with van der Waals surface area (Å²) in [6.45, 7) is 0.578. The number of fused-ring (bicyclic) bond motifs is 1. The standard InChI is InChI=1S/C18H17BrO2/c19-15-5-3-6-16(12-15)21-11-10-14-9-8-13-4-1-2-7-17(13)18(14)20/h1-7,12,14H,8-11H2. The highest BCUT2D eigenvalue weighted by molar-refractivity contribution is 9.10. The van der Waals surface area contributed by atoms with Gasteiger partial charge < -0.3 is 4.74 Å². The number of hydrogen-bond donors (Lipinski definition) is 0. The number of Topliss-reactive ketones (excluding diaryl/α,β-unsaturated/α-hetero) is 1. The van der Waals surface area contributed by atoms with Gasteiger partial charge in [0, 0.05) is 16.0 Å². The van der Waals surface area contributed by atoms with E-state index >= 15 is 0 Å². The van der Waals surface area contributed by atoms with Gasteiger partial charge in [-0.3, -0.25) is 4.79 Å². The predicted molar refractivity (Wildman–Crippen MR) is 86.8 cm³/mol. The van der Waals surface area contributed by atoms with Crippen molar-refractivity contribution < 1.29 is 9.53 Å². The summed E-state index contributed by atoms with van der Waals surface area (Å²) in [5.74, 6) is 1.20. The fraction of sp³-hybridized carbons (Fsp3) is 0.278. The van der Waals surface area contributed by atoms with E-state index in [2.05, 4.69) is 22.0 Å². The first-order valence-corrected chi connectivity index (χ1v) is 8.04. The summed E-state index contributed by atoms with van der Waals surface area (Å²) in [5.41, 5.74) is 2.09. The van der Waals surface area contributed by atoms with Gasteiger partial charge in [0.15, 0.2) is 5.78 Å². The number of carbonyl (C=O) groups excluding carboxylic acids is 1. The summed E-state index contributed by atoms with van der Waals surface area (Å²) in [4.78, 5) is 12.5. The van der Waals surface area contributed by atoms with Gasteiger partial charge in [0.1, 0.15) is 5.75 Å². The van der Waals surface area contributed by atoms with Crippen molar-refractivity contribution in [2.24, 2.45) is 5.92 Å². The second kappa shape index (κ2) is 6.44. The monoisotopic (exact) mass is 344 g/mol. The summed E-state index contributed by atoms with van der Waals surface area (Å²) in [7, 11) is 0. The van der Waals surface area contributed by atoms with Gasteiger partial charge in [-0.15, -0.1) is 0 Å². The molecule has 0 heterocycles. The third-order valence-electron chi connectivity index (χ3n) is 3.95. The maximum absolute atomic E-state index is 12.5. The maximum atomic E-state index is 12.5. The molecule has 0 aliphatic heterocycles.